The second-order valence-corrected chi connectivity index (χ2v) is 4.12. The predicted molar refractivity (Wildman–Crippen MR) is 64.7 cm³/mol. The minimum absolute atomic E-state index is 0.304. The van der Waals surface area contributed by atoms with Crippen molar-refractivity contribution in [3.8, 4) is 0 Å². The topological polar surface area (TPSA) is 29.0 Å². The van der Waals surface area contributed by atoms with Crippen molar-refractivity contribution in [3.05, 3.63) is 17.0 Å². The summed E-state index contributed by atoms with van der Waals surface area (Å²) in [4.78, 5) is 10.9. The average Bonchev–Trinajstić information content (AvgIpc) is 2.18. The minimum Gasteiger partial charge on any atom is -0.357 e. The molecule has 1 heterocycles. The second kappa shape index (κ2) is 5.31. The highest BCUT2D eigenvalue weighted by atomic mass is 35.5. The molecule has 1 rings (SSSR count). The number of hydrogen-bond donors (Lipinski definition) is 0. The van der Waals surface area contributed by atoms with E-state index in [-0.39, 0.29) is 0 Å². The molecule has 0 aromatic carbocycles. The monoisotopic (exact) mass is 227 g/mol. The van der Waals surface area contributed by atoms with Gasteiger partial charge in [0.05, 0.1) is 0 Å². The third-order valence-corrected chi connectivity index (χ3v) is 2.50. The molecule has 0 atom stereocenters. The number of anilines is 1. The molecule has 0 radical (unpaired) electrons. The van der Waals surface area contributed by atoms with Gasteiger partial charge in [-0.2, -0.15) is 0 Å². The molecule has 0 bridgehead atoms. The molecule has 4 heteroatoms. The van der Waals surface area contributed by atoms with Crippen LogP contribution in [0.5, 0.6) is 0 Å². The summed E-state index contributed by atoms with van der Waals surface area (Å²) in [7, 11) is 0. The van der Waals surface area contributed by atoms with Crippen LogP contribution in [0.3, 0.4) is 0 Å². The zero-order valence-electron chi connectivity index (χ0n) is 9.79. The van der Waals surface area contributed by atoms with Crippen LogP contribution in [0.25, 0.3) is 0 Å². The van der Waals surface area contributed by atoms with Gasteiger partial charge in [0.1, 0.15) is 16.8 Å². The van der Waals surface area contributed by atoms with Crippen LogP contribution in [-0.4, -0.2) is 23.1 Å². The molecule has 0 saturated heterocycles. The number of rotatable bonds is 4. The van der Waals surface area contributed by atoms with E-state index in [0.717, 1.165) is 24.7 Å². The van der Waals surface area contributed by atoms with E-state index < -0.39 is 0 Å². The van der Waals surface area contributed by atoms with Crippen molar-refractivity contribution >= 4 is 17.4 Å². The molecule has 0 amide bonds. The van der Waals surface area contributed by atoms with E-state index in [0.29, 0.717) is 11.1 Å². The summed E-state index contributed by atoms with van der Waals surface area (Å²) in [6, 6.07) is 1.82. The average molecular weight is 228 g/mol. The van der Waals surface area contributed by atoms with Gasteiger partial charge in [0.15, 0.2) is 0 Å². The van der Waals surface area contributed by atoms with Crippen molar-refractivity contribution in [2.75, 3.05) is 18.0 Å². The minimum atomic E-state index is 0.304. The Bertz CT molecular complexity index is 322. The molecule has 0 saturated carbocycles. The Hall–Kier alpha value is -0.830. The van der Waals surface area contributed by atoms with Crippen molar-refractivity contribution in [2.24, 2.45) is 0 Å². The molecule has 0 aliphatic rings. The van der Waals surface area contributed by atoms with Gasteiger partial charge in [-0.25, -0.2) is 9.97 Å². The van der Waals surface area contributed by atoms with Crippen molar-refractivity contribution < 1.29 is 0 Å². The quantitative estimate of drug-likeness (QED) is 0.741. The van der Waals surface area contributed by atoms with Crippen LogP contribution in [0, 0.1) is 0 Å². The van der Waals surface area contributed by atoms with Gasteiger partial charge in [0.2, 0.25) is 0 Å². The standard InChI is InChI=1S/C11H18ClN3/c1-5-15(6-2)10-7-9(12)13-11(14-10)8(3)4/h7-8H,5-6H2,1-4H3. The van der Waals surface area contributed by atoms with Gasteiger partial charge in [0, 0.05) is 25.1 Å². The molecule has 0 N–H and O–H groups in total. The Morgan fingerprint density at radius 2 is 1.87 bits per heavy atom. The van der Waals surface area contributed by atoms with Gasteiger partial charge in [0.25, 0.3) is 0 Å². The lowest BCUT2D eigenvalue weighted by Crippen LogP contribution is -2.23. The molecule has 1 aromatic rings. The maximum Gasteiger partial charge on any atom is 0.135 e. The summed E-state index contributed by atoms with van der Waals surface area (Å²) in [6.07, 6.45) is 0. The van der Waals surface area contributed by atoms with Crippen LogP contribution >= 0.6 is 11.6 Å². The summed E-state index contributed by atoms with van der Waals surface area (Å²) in [6.45, 7) is 10.2. The zero-order chi connectivity index (χ0) is 11.4. The van der Waals surface area contributed by atoms with Crippen LogP contribution in [0.1, 0.15) is 39.4 Å². The molecule has 0 unspecified atom stereocenters. The summed E-state index contributed by atoms with van der Waals surface area (Å²) < 4.78 is 0. The van der Waals surface area contributed by atoms with Gasteiger partial charge >= 0.3 is 0 Å². The fraction of sp³-hybridized carbons (Fsp3) is 0.636. The Labute approximate surface area is 96.5 Å². The molecule has 0 aliphatic heterocycles. The van der Waals surface area contributed by atoms with Crippen molar-refractivity contribution in [1.29, 1.82) is 0 Å². The van der Waals surface area contributed by atoms with E-state index in [1.54, 1.807) is 0 Å². The molecular formula is C11H18ClN3. The Morgan fingerprint density at radius 1 is 1.27 bits per heavy atom. The van der Waals surface area contributed by atoms with Gasteiger partial charge in [-0.1, -0.05) is 25.4 Å². The molecule has 1 aromatic heterocycles. The van der Waals surface area contributed by atoms with Gasteiger partial charge in [-0.3, -0.25) is 0 Å². The van der Waals surface area contributed by atoms with Crippen molar-refractivity contribution in [3.63, 3.8) is 0 Å². The van der Waals surface area contributed by atoms with E-state index >= 15 is 0 Å². The van der Waals surface area contributed by atoms with Gasteiger partial charge in [-0.15, -0.1) is 0 Å². The summed E-state index contributed by atoms with van der Waals surface area (Å²) in [5, 5.41) is 0.524. The fourth-order valence-electron chi connectivity index (χ4n) is 1.39. The summed E-state index contributed by atoms with van der Waals surface area (Å²) in [5.74, 6) is 2.03. The predicted octanol–water partition coefficient (Wildman–Crippen LogP) is 3.10. The first-order valence-electron chi connectivity index (χ1n) is 5.37. The summed E-state index contributed by atoms with van der Waals surface area (Å²) >= 11 is 5.97. The molecule has 0 fully saturated rings. The molecule has 3 nitrogen and oxygen atoms in total. The Kier molecular flexibility index (Phi) is 4.33. The highest BCUT2D eigenvalue weighted by molar-refractivity contribution is 6.29. The maximum absolute atomic E-state index is 5.97. The smallest absolute Gasteiger partial charge is 0.135 e. The Morgan fingerprint density at radius 3 is 2.33 bits per heavy atom. The van der Waals surface area contributed by atoms with Crippen LogP contribution in [0.4, 0.5) is 5.82 Å². The van der Waals surface area contributed by atoms with Gasteiger partial charge in [-0.05, 0) is 13.8 Å². The second-order valence-electron chi connectivity index (χ2n) is 3.73. The fourth-order valence-corrected chi connectivity index (χ4v) is 1.57. The first-order valence-corrected chi connectivity index (χ1v) is 5.75. The molecular weight excluding hydrogens is 210 g/mol. The largest absolute Gasteiger partial charge is 0.357 e. The van der Waals surface area contributed by atoms with E-state index in [9.17, 15) is 0 Å². The van der Waals surface area contributed by atoms with Gasteiger partial charge < -0.3 is 4.90 Å². The SMILES string of the molecule is CCN(CC)c1cc(Cl)nc(C(C)C)n1. The number of aromatic nitrogens is 2. The normalized spacial score (nSPS) is 10.8. The zero-order valence-corrected chi connectivity index (χ0v) is 10.5. The van der Waals surface area contributed by atoms with Crippen LogP contribution < -0.4 is 4.90 Å². The first-order chi connectivity index (χ1) is 7.08. The first kappa shape index (κ1) is 12.2. The van der Waals surface area contributed by atoms with Crippen molar-refractivity contribution in [2.45, 2.75) is 33.6 Å². The Balaban J connectivity index is 3.07. The highest BCUT2D eigenvalue weighted by Gasteiger charge is 2.10. The van der Waals surface area contributed by atoms with Crippen LogP contribution in [-0.2, 0) is 0 Å². The lowest BCUT2D eigenvalue weighted by molar-refractivity contribution is 0.755. The van der Waals surface area contributed by atoms with Crippen LogP contribution in [0.15, 0.2) is 6.07 Å². The van der Waals surface area contributed by atoms with E-state index in [4.69, 9.17) is 11.6 Å². The van der Waals surface area contributed by atoms with Crippen LogP contribution in [0.2, 0.25) is 5.15 Å². The molecule has 0 spiro atoms. The van der Waals surface area contributed by atoms with E-state index in [1.165, 1.54) is 0 Å². The lowest BCUT2D eigenvalue weighted by atomic mass is 10.2. The molecule has 0 aliphatic carbocycles. The molecule has 84 valence electrons. The third kappa shape index (κ3) is 3.06. The lowest BCUT2D eigenvalue weighted by Gasteiger charge is -2.20. The number of hydrogen-bond acceptors (Lipinski definition) is 3. The number of nitrogens with zero attached hydrogens (tertiary/aromatic N) is 3. The molecule has 15 heavy (non-hydrogen) atoms. The summed E-state index contributed by atoms with van der Waals surface area (Å²) in [5.41, 5.74) is 0. The maximum atomic E-state index is 5.97. The highest BCUT2D eigenvalue weighted by Crippen LogP contribution is 2.19. The van der Waals surface area contributed by atoms with Crippen molar-refractivity contribution in [1.82, 2.24) is 9.97 Å². The third-order valence-electron chi connectivity index (χ3n) is 2.30. The van der Waals surface area contributed by atoms with E-state index in [1.807, 2.05) is 6.07 Å². The number of halogens is 1. The van der Waals surface area contributed by atoms with E-state index in [2.05, 4.69) is 42.6 Å².